The molecule has 1 N–H and O–H groups in total. The lowest BCUT2D eigenvalue weighted by molar-refractivity contribution is -0.116. The lowest BCUT2D eigenvalue weighted by atomic mass is 10.1. The summed E-state index contributed by atoms with van der Waals surface area (Å²) in [6.45, 7) is 3.47. The fourth-order valence-corrected chi connectivity index (χ4v) is 4.07. The molecule has 0 aromatic heterocycles. The van der Waals surface area contributed by atoms with E-state index >= 15 is 0 Å². The maximum absolute atomic E-state index is 12.6. The Morgan fingerprint density at radius 1 is 1.16 bits per heavy atom. The molecule has 2 rings (SSSR count). The van der Waals surface area contributed by atoms with Crippen LogP contribution in [-0.2, 0) is 14.8 Å². The van der Waals surface area contributed by atoms with E-state index in [1.54, 1.807) is 6.07 Å². The van der Waals surface area contributed by atoms with Gasteiger partial charge in [-0.3, -0.25) is 4.79 Å². The molecule has 0 spiro atoms. The van der Waals surface area contributed by atoms with Gasteiger partial charge in [0.1, 0.15) is 4.90 Å². The van der Waals surface area contributed by atoms with Gasteiger partial charge in [-0.05, 0) is 49.2 Å². The van der Waals surface area contributed by atoms with Crippen LogP contribution in [0.3, 0.4) is 0 Å². The number of aryl methyl sites for hydroxylation is 1. The number of likely N-dealkylation sites (N-methyl/N-ethyl adjacent to an activating group) is 1. The number of nitrogens with zero attached hydrogens (tertiary/aromatic N) is 1. The molecule has 0 saturated heterocycles. The summed E-state index contributed by atoms with van der Waals surface area (Å²) in [5, 5.41) is 3.02. The van der Waals surface area contributed by atoms with Gasteiger partial charge in [0, 0.05) is 17.8 Å². The Morgan fingerprint density at radius 3 is 2.52 bits per heavy atom. The summed E-state index contributed by atoms with van der Waals surface area (Å²) in [6, 6.07) is 9.69. The van der Waals surface area contributed by atoms with E-state index in [0.29, 0.717) is 5.69 Å². The molecule has 2 aromatic rings. The molecule has 2 aromatic carbocycles. The lowest BCUT2D eigenvalue weighted by Crippen LogP contribution is -2.35. The number of benzene rings is 2. The zero-order valence-corrected chi connectivity index (χ0v) is 16.3. The molecular formula is C17H18Cl2N2O3S. The maximum Gasteiger partial charge on any atom is 0.244 e. The minimum Gasteiger partial charge on any atom is -0.325 e. The first-order valence-corrected chi connectivity index (χ1v) is 9.60. The number of nitrogens with one attached hydrogen (secondary N) is 1. The molecule has 25 heavy (non-hydrogen) atoms. The van der Waals surface area contributed by atoms with Crippen LogP contribution in [0.25, 0.3) is 0 Å². The molecule has 1 amide bonds. The van der Waals surface area contributed by atoms with Gasteiger partial charge >= 0.3 is 0 Å². The molecule has 0 atom stereocenters. The molecule has 0 aliphatic rings. The van der Waals surface area contributed by atoms with Crippen LogP contribution in [0.15, 0.2) is 41.3 Å². The first-order valence-electron chi connectivity index (χ1n) is 7.40. The van der Waals surface area contributed by atoms with Crippen molar-refractivity contribution < 1.29 is 13.2 Å². The van der Waals surface area contributed by atoms with Gasteiger partial charge in [-0.2, -0.15) is 4.31 Å². The first kappa shape index (κ1) is 19.7. The molecule has 0 saturated carbocycles. The van der Waals surface area contributed by atoms with Crippen LogP contribution >= 0.6 is 23.2 Å². The summed E-state index contributed by atoms with van der Waals surface area (Å²) in [7, 11) is -2.63. The highest BCUT2D eigenvalue weighted by molar-refractivity contribution is 7.89. The number of halogens is 2. The molecule has 8 heteroatoms. The van der Waals surface area contributed by atoms with Crippen molar-refractivity contribution in [1.29, 1.82) is 0 Å². The lowest BCUT2D eigenvalue weighted by Gasteiger charge is -2.18. The highest BCUT2D eigenvalue weighted by atomic mass is 35.5. The predicted octanol–water partition coefficient (Wildman–Crippen LogP) is 3.87. The Hall–Kier alpha value is -1.60. The first-order chi connectivity index (χ1) is 11.6. The average molecular weight is 401 g/mol. The average Bonchev–Trinajstić information content (AvgIpc) is 2.53. The second-order valence-corrected chi connectivity index (χ2v) is 8.49. The zero-order valence-electron chi connectivity index (χ0n) is 14.0. The van der Waals surface area contributed by atoms with Crippen molar-refractivity contribution in [2.45, 2.75) is 18.7 Å². The molecule has 0 aliphatic heterocycles. The number of carbonyl (C=O) groups excluding carboxylic acids is 1. The summed E-state index contributed by atoms with van der Waals surface area (Å²) in [5.41, 5.74) is 2.61. The van der Waals surface area contributed by atoms with Gasteiger partial charge < -0.3 is 5.32 Å². The smallest absolute Gasteiger partial charge is 0.244 e. The predicted molar refractivity (Wildman–Crippen MR) is 101 cm³/mol. The van der Waals surface area contributed by atoms with E-state index in [2.05, 4.69) is 5.32 Å². The van der Waals surface area contributed by atoms with Crippen LogP contribution in [0.5, 0.6) is 0 Å². The molecule has 0 unspecified atom stereocenters. The van der Waals surface area contributed by atoms with E-state index < -0.39 is 15.9 Å². The minimum atomic E-state index is -3.94. The van der Waals surface area contributed by atoms with Crippen LogP contribution in [0.2, 0.25) is 10.0 Å². The third-order valence-electron chi connectivity index (χ3n) is 3.83. The Labute approximate surface area is 157 Å². The number of rotatable bonds is 5. The highest BCUT2D eigenvalue weighted by Crippen LogP contribution is 2.27. The highest BCUT2D eigenvalue weighted by Gasteiger charge is 2.26. The van der Waals surface area contributed by atoms with Crippen LogP contribution in [0.1, 0.15) is 11.1 Å². The molecule has 0 aliphatic carbocycles. The van der Waals surface area contributed by atoms with Gasteiger partial charge in [-0.25, -0.2) is 8.42 Å². The number of hydrogen-bond acceptors (Lipinski definition) is 3. The fraction of sp³-hybridized carbons (Fsp3) is 0.235. The largest absolute Gasteiger partial charge is 0.325 e. The van der Waals surface area contributed by atoms with Crippen LogP contribution in [-0.4, -0.2) is 32.2 Å². The molecule has 0 radical (unpaired) electrons. The van der Waals surface area contributed by atoms with Crippen LogP contribution in [0, 0.1) is 13.8 Å². The van der Waals surface area contributed by atoms with Crippen molar-refractivity contribution in [3.8, 4) is 0 Å². The maximum atomic E-state index is 12.6. The Bertz CT molecular complexity index is 914. The van der Waals surface area contributed by atoms with E-state index in [0.717, 1.165) is 15.4 Å². The molecular weight excluding hydrogens is 383 g/mol. The van der Waals surface area contributed by atoms with Gasteiger partial charge in [0.25, 0.3) is 0 Å². The molecule has 0 fully saturated rings. The summed E-state index contributed by atoms with van der Waals surface area (Å²) < 4.78 is 26.2. The SMILES string of the molecule is Cc1cccc(NC(=O)CN(C)S(=O)(=O)c2cc(Cl)ccc2Cl)c1C. The number of amides is 1. The Balaban J connectivity index is 2.17. The Kier molecular flexibility index (Phi) is 6.11. The molecule has 5 nitrogen and oxygen atoms in total. The summed E-state index contributed by atoms with van der Waals surface area (Å²) in [6.07, 6.45) is 0. The van der Waals surface area contributed by atoms with E-state index in [9.17, 15) is 13.2 Å². The molecule has 0 heterocycles. The van der Waals surface area contributed by atoms with E-state index in [-0.39, 0.29) is 21.5 Å². The van der Waals surface area contributed by atoms with Gasteiger partial charge in [-0.15, -0.1) is 0 Å². The number of hydrogen-bond donors (Lipinski definition) is 1. The van der Waals surface area contributed by atoms with Crippen molar-refractivity contribution in [3.63, 3.8) is 0 Å². The third kappa shape index (κ3) is 4.52. The number of anilines is 1. The van der Waals surface area contributed by atoms with Crippen molar-refractivity contribution >= 4 is 44.8 Å². The zero-order chi connectivity index (χ0) is 18.8. The van der Waals surface area contributed by atoms with Crippen molar-refractivity contribution in [2.75, 3.05) is 18.9 Å². The second-order valence-electron chi connectivity index (χ2n) is 5.63. The summed E-state index contributed by atoms with van der Waals surface area (Å²) in [4.78, 5) is 12.1. The van der Waals surface area contributed by atoms with E-state index in [4.69, 9.17) is 23.2 Å². The van der Waals surface area contributed by atoms with Gasteiger partial charge in [0.15, 0.2) is 0 Å². The topological polar surface area (TPSA) is 66.5 Å². The van der Waals surface area contributed by atoms with Gasteiger partial charge in [0.2, 0.25) is 15.9 Å². The van der Waals surface area contributed by atoms with E-state index in [1.807, 2.05) is 26.0 Å². The number of sulfonamides is 1. The number of carbonyl (C=O) groups is 1. The summed E-state index contributed by atoms with van der Waals surface area (Å²) in [5.74, 6) is -0.446. The normalized spacial score (nSPS) is 11.6. The van der Waals surface area contributed by atoms with Crippen molar-refractivity contribution in [2.24, 2.45) is 0 Å². The monoisotopic (exact) mass is 400 g/mol. The van der Waals surface area contributed by atoms with Crippen molar-refractivity contribution in [1.82, 2.24) is 4.31 Å². The second kappa shape index (κ2) is 7.74. The van der Waals surface area contributed by atoms with E-state index in [1.165, 1.54) is 25.2 Å². The van der Waals surface area contributed by atoms with Crippen LogP contribution in [0.4, 0.5) is 5.69 Å². The quantitative estimate of drug-likeness (QED) is 0.827. The third-order valence-corrected chi connectivity index (χ3v) is 6.35. The summed E-state index contributed by atoms with van der Waals surface area (Å²) >= 11 is 11.8. The van der Waals surface area contributed by atoms with Gasteiger partial charge in [0.05, 0.1) is 11.6 Å². The minimum absolute atomic E-state index is 0.0474. The van der Waals surface area contributed by atoms with Crippen molar-refractivity contribution in [3.05, 3.63) is 57.6 Å². The molecule has 134 valence electrons. The molecule has 0 bridgehead atoms. The van der Waals surface area contributed by atoms with Gasteiger partial charge in [-0.1, -0.05) is 35.3 Å². The fourth-order valence-electron chi connectivity index (χ4n) is 2.21. The van der Waals surface area contributed by atoms with Crippen LogP contribution < -0.4 is 5.32 Å². The Morgan fingerprint density at radius 2 is 1.84 bits per heavy atom. The standard InChI is InChI=1S/C17H18Cl2N2O3S/c1-11-5-4-6-15(12(11)2)20-17(22)10-21(3)25(23,24)16-9-13(18)7-8-14(16)19/h4-9H,10H2,1-3H3,(H,20,22).